The van der Waals surface area contributed by atoms with Crippen LogP contribution in [0.5, 0.6) is 0 Å². The maximum atomic E-state index is 11.6. The Labute approximate surface area is 125 Å². The molecule has 0 aliphatic heterocycles. The molecule has 0 aliphatic carbocycles. The summed E-state index contributed by atoms with van der Waals surface area (Å²) in [6, 6.07) is 0. The summed E-state index contributed by atoms with van der Waals surface area (Å²) < 4.78 is 5.23. The zero-order valence-corrected chi connectivity index (χ0v) is 13.9. The molecule has 3 nitrogen and oxygen atoms in total. The first-order chi connectivity index (χ1) is 9.57. The van der Waals surface area contributed by atoms with Gasteiger partial charge in [0.05, 0.1) is 6.61 Å². The molecule has 0 rings (SSSR count). The normalized spacial score (nSPS) is 11.5. The van der Waals surface area contributed by atoms with Gasteiger partial charge >= 0.3 is 5.97 Å². The minimum Gasteiger partial charge on any atom is -0.462 e. The molecule has 118 valence electrons. The second kappa shape index (κ2) is 13.0. The molecule has 0 atom stereocenters. The van der Waals surface area contributed by atoms with Gasteiger partial charge in [0.2, 0.25) is 0 Å². The number of hydrogen-bond acceptors (Lipinski definition) is 3. The van der Waals surface area contributed by atoms with E-state index in [4.69, 9.17) is 4.74 Å². The highest BCUT2D eigenvalue weighted by Gasteiger charge is 2.05. The summed E-state index contributed by atoms with van der Waals surface area (Å²) in [5.41, 5.74) is 0.658. The number of carbonyl (C=O) groups excluding carboxylic acids is 1. The van der Waals surface area contributed by atoms with E-state index in [1.807, 2.05) is 19.0 Å². The molecule has 0 spiro atoms. The molecule has 0 bridgehead atoms. The standard InChI is InChI=1S/C17H33NO2/c1-5-6-7-8-9-10-11-12-13-14-20-17(19)16(2)15-18(3)4/h15H,5-14H2,1-4H3. The van der Waals surface area contributed by atoms with Gasteiger partial charge in [-0.25, -0.2) is 4.79 Å². The van der Waals surface area contributed by atoms with E-state index >= 15 is 0 Å². The quantitative estimate of drug-likeness (QED) is 0.299. The first-order valence-corrected chi connectivity index (χ1v) is 8.10. The molecular weight excluding hydrogens is 250 g/mol. The maximum Gasteiger partial charge on any atom is 0.335 e. The Morgan fingerprint density at radius 1 is 0.950 bits per heavy atom. The minimum absolute atomic E-state index is 0.196. The first-order valence-electron chi connectivity index (χ1n) is 8.10. The molecule has 0 unspecified atom stereocenters. The van der Waals surface area contributed by atoms with Crippen LogP contribution in [0.1, 0.15) is 71.6 Å². The number of unbranched alkanes of at least 4 members (excludes halogenated alkanes) is 8. The number of rotatable bonds is 12. The Morgan fingerprint density at radius 2 is 1.45 bits per heavy atom. The van der Waals surface area contributed by atoms with Crippen LogP contribution in [0.4, 0.5) is 0 Å². The van der Waals surface area contributed by atoms with Crippen molar-refractivity contribution >= 4 is 5.97 Å². The summed E-state index contributed by atoms with van der Waals surface area (Å²) in [6.45, 7) is 4.59. The largest absolute Gasteiger partial charge is 0.462 e. The average molecular weight is 283 g/mol. The molecule has 0 fully saturated rings. The van der Waals surface area contributed by atoms with Crippen LogP contribution in [0.25, 0.3) is 0 Å². The summed E-state index contributed by atoms with van der Waals surface area (Å²) in [5, 5.41) is 0. The van der Waals surface area contributed by atoms with Crippen molar-refractivity contribution in [2.45, 2.75) is 71.6 Å². The predicted octanol–water partition coefficient (Wildman–Crippen LogP) is 4.53. The Hall–Kier alpha value is -0.990. The van der Waals surface area contributed by atoms with Gasteiger partial charge in [-0.1, -0.05) is 58.3 Å². The van der Waals surface area contributed by atoms with Crippen LogP contribution in [-0.2, 0) is 9.53 Å². The Kier molecular flexibility index (Phi) is 12.4. The number of hydrogen-bond donors (Lipinski definition) is 0. The zero-order valence-electron chi connectivity index (χ0n) is 13.9. The van der Waals surface area contributed by atoms with Crippen molar-refractivity contribution in [3.63, 3.8) is 0 Å². The summed E-state index contributed by atoms with van der Waals surface area (Å²) >= 11 is 0. The van der Waals surface area contributed by atoms with Gasteiger partial charge in [-0.15, -0.1) is 0 Å². The molecule has 0 saturated carbocycles. The highest BCUT2D eigenvalue weighted by molar-refractivity contribution is 5.87. The van der Waals surface area contributed by atoms with E-state index in [1.54, 1.807) is 13.1 Å². The number of ether oxygens (including phenoxy) is 1. The predicted molar refractivity (Wildman–Crippen MR) is 85.6 cm³/mol. The van der Waals surface area contributed by atoms with Crippen LogP contribution in [0.2, 0.25) is 0 Å². The minimum atomic E-state index is -0.196. The van der Waals surface area contributed by atoms with E-state index in [9.17, 15) is 4.79 Å². The molecule has 20 heavy (non-hydrogen) atoms. The second-order valence-electron chi connectivity index (χ2n) is 5.74. The number of nitrogens with zero attached hydrogens (tertiary/aromatic N) is 1. The molecule has 0 heterocycles. The molecule has 0 aromatic rings. The lowest BCUT2D eigenvalue weighted by Crippen LogP contribution is -2.11. The van der Waals surface area contributed by atoms with Crippen molar-refractivity contribution in [3.05, 3.63) is 11.8 Å². The fourth-order valence-corrected chi connectivity index (χ4v) is 2.13. The molecule has 0 radical (unpaired) electrons. The van der Waals surface area contributed by atoms with Crippen LogP contribution in [0, 0.1) is 0 Å². The lowest BCUT2D eigenvalue weighted by atomic mass is 10.1. The number of esters is 1. The van der Waals surface area contributed by atoms with Crippen molar-refractivity contribution in [3.8, 4) is 0 Å². The van der Waals surface area contributed by atoms with Crippen molar-refractivity contribution in [1.82, 2.24) is 4.90 Å². The Balaban J connectivity index is 3.38. The third-order valence-corrected chi connectivity index (χ3v) is 3.25. The van der Waals surface area contributed by atoms with Gasteiger partial charge in [0.15, 0.2) is 0 Å². The highest BCUT2D eigenvalue weighted by atomic mass is 16.5. The van der Waals surface area contributed by atoms with Gasteiger partial charge in [0, 0.05) is 25.9 Å². The topological polar surface area (TPSA) is 29.5 Å². The lowest BCUT2D eigenvalue weighted by Gasteiger charge is -2.08. The summed E-state index contributed by atoms with van der Waals surface area (Å²) in [4.78, 5) is 13.5. The molecule has 0 saturated heterocycles. The molecule has 0 N–H and O–H groups in total. The average Bonchev–Trinajstić information content (AvgIpc) is 2.39. The SMILES string of the molecule is CCCCCCCCCCCOC(=O)C(C)=CN(C)C. The summed E-state index contributed by atoms with van der Waals surface area (Å²) in [6.07, 6.45) is 13.3. The van der Waals surface area contributed by atoms with Crippen molar-refractivity contribution in [2.24, 2.45) is 0 Å². The Bertz CT molecular complexity index is 272. The second-order valence-corrected chi connectivity index (χ2v) is 5.74. The van der Waals surface area contributed by atoms with Gasteiger partial charge in [0.1, 0.15) is 0 Å². The molecule has 0 amide bonds. The van der Waals surface area contributed by atoms with Gasteiger partial charge in [-0.05, 0) is 13.3 Å². The molecule has 0 aromatic carbocycles. The van der Waals surface area contributed by atoms with Crippen LogP contribution < -0.4 is 0 Å². The Morgan fingerprint density at radius 3 is 1.95 bits per heavy atom. The highest BCUT2D eigenvalue weighted by Crippen LogP contribution is 2.09. The van der Waals surface area contributed by atoms with E-state index in [0.29, 0.717) is 12.2 Å². The van der Waals surface area contributed by atoms with Crippen LogP contribution >= 0.6 is 0 Å². The van der Waals surface area contributed by atoms with Crippen LogP contribution in [0.15, 0.2) is 11.8 Å². The third-order valence-electron chi connectivity index (χ3n) is 3.25. The monoisotopic (exact) mass is 283 g/mol. The van der Waals surface area contributed by atoms with E-state index in [1.165, 1.54) is 44.9 Å². The van der Waals surface area contributed by atoms with Crippen LogP contribution in [-0.4, -0.2) is 31.6 Å². The zero-order chi connectivity index (χ0) is 15.2. The molecule has 0 aliphatic rings. The fraction of sp³-hybridized carbons (Fsp3) is 0.824. The van der Waals surface area contributed by atoms with E-state index in [2.05, 4.69) is 6.92 Å². The molecule has 3 heteroatoms. The smallest absolute Gasteiger partial charge is 0.335 e. The van der Waals surface area contributed by atoms with Gasteiger partial charge in [-0.2, -0.15) is 0 Å². The van der Waals surface area contributed by atoms with Crippen molar-refractivity contribution in [2.75, 3.05) is 20.7 Å². The number of carbonyl (C=O) groups is 1. The van der Waals surface area contributed by atoms with Crippen LogP contribution in [0.3, 0.4) is 0 Å². The fourth-order valence-electron chi connectivity index (χ4n) is 2.13. The van der Waals surface area contributed by atoms with Gasteiger partial charge in [-0.3, -0.25) is 0 Å². The third kappa shape index (κ3) is 12.1. The van der Waals surface area contributed by atoms with Crippen molar-refractivity contribution < 1.29 is 9.53 Å². The summed E-state index contributed by atoms with van der Waals surface area (Å²) in [5.74, 6) is -0.196. The lowest BCUT2D eigenvalue weighted by molar-refractivity contribution is -0.139. The maximum absolute atomic E-state index is 11.6. The van der Waals surface area contributed by atoms with E-state index < -0.39 is 0 Å². The molecule has 0 aromatic heterocycles. The summed E-state index contributed by atoms with van der Waals surface area (Å²) in [7, 11) is 3.80. The first kappa shape index (κ1) is 19.0. The van der Waals surface area contributed by atoms with Gasteiger partial charge < -0.3 is 9.64 Å². The molecular formula is C17H33NO2. The van der Waals surface area contributed by atoms with Gasteiger partial charge in [0.25, 0.3) is 0 Å². The van der Waals surface area contributed by atoms with E-state index in [0.717, 1.165) is 12.8 Å². The van der Waals surface area contributed by atoms with E-state index in [-0.39, 0.29) is 5.97 Å². The van der Waals surface area contributed by atoms with Crippen molar-refractivity contribution in [1.29, 1.82) is 0 Å².